The summed E-state index contributed by atoms with van der Waals surface area (Å²) in [5, 5.41) is 12.8. The van der Waals surface area contributed by atoms with Crippen LogP contribution in [0.4, 0.5) is 0 Å². The van der Waals surface area contributed by atoms with Gasteiger partial charge >= 0.3 is 0 Å². The average Bonchev–Trinajstić information content (AvgIpc) is 4.08. The maximum absolute atomic E-state index is 2.76. The Kier molecular flexibility index (Phi) is 9.23. The van der Waals surface area contributed by atoms with Crippen LogP contribution in [0.2, 0.25) is 0 Å². The summed E-state index contributed by atoms with van der Waals surface area (Å²) in [5.41, 5.74) is 12.8. The Labute approximate surface area is 407 Å². The largest absolute Gasteiger partial charge is 0.309 e. The minimum Gasteiger partial charge on any atom is -0.309 e. The van der Waals surface area contributed by atoms with Crippen LogP contribution in [0.5, 0.6) is 0 Å². The summed E-state index contributed by atoms with van der Waals surface area (Å²) in [6, 6.07) is 101. The number of hydrogen-bond donors (Lipinski definition) is 0. The predicted molar refractivity (Wildman–Crippen MR) is 299 cm³/mol. The van der Waals surface area contributed by atoms with Gasteiger partial charge in [-0.3, -0.25) is 0 Å². The number of hydrogen-bond acceptors (Lipinski definition) is 0. The summed E-state index contributed by atoms with van der Waals surface area (Å²) in [6.45, 7) is 0. The van der Waals surface area contributed by atoms with E-state index in [2.05, 4.69) is 287 Å². The van der Waals surface area contributed by atoms with Crippen molar-refractivity contribution in [3.63, 3.8) is 0 Å². The number of aromatic nitrogens is 3. The second-order valence-corrected chi connectivity index (χ2v) is 22.2. The monoisotopic (exact) mass is 907 g/mol. The number of fused-ring (bicyclic) bond motifs is 9. The highest BCUT2D eigenvalue weighted by atomic mass is 28.3. The molecule has 0 amide bonds. The fourth-order valence-electron chi connectivity index (χ4n) is 11.8. The van der Waals surface area contributed by atoms with Crippen molar-refractivity contribution in [2.75, 3.05) is 0 Å². The molecule has 0 aliphatic rings. The van der Waals surface area contributed by atoms with E-state index in [-0.39, 0.29) is 0 Å². The molecule has 0 spiro atoms. The molecule has 0 N–H and O–H groups in total. The molecule has 0 fully saturated rings. The third-order valence-corrected chi connectivity index (χ3v) is 19.5. The van der Waals surface area contributed by atoms with Crippen LogP contribution in [0.1, 0.15) is 0 Å². The number of rotatable bonds is 8. The third kappa shape index (κ3) is 6.00. The predicted octanol–water partition coefficient (Wildman–Crippen LogP) is 14.0. The molecule has 0 atom stereocenters. The molecule has 0 saturated heterocycles. The molecule has 0 radical (unpaired) electrons. The zero-order valence-corrected chi connectivity index (χ0v) is 39.3. The topological polar surface area (TPSA) is 14.8 Å². The van der Waals surface area contributed by atoms with Crippen molar-refractivity contribution >= 4 is 94.2 Å². The van der Waals surface area contributed by atoms with Crippen molar-refractivity contribution in [2.45, 2.75) is 0 Å². The van der Waals surface area contributed by atoms with E-state index in [1.54, 1.807) is 0 Å². The van der Waals surface area contributed by atoms with Crippen LogP contribution in [0.15, 0.2) is 273 Å². The van der Waals surface area contributed by atoms with E-state index in [4.69, 9.17) is 0 Å². The summed E-state index contributed by atoms with van der Waals surface area (Å²) in [5.74, 6) is 0. The Morgan fingerprint density at radius 2 is 0.629 bits per heavy atom. The summed E-state index contributed by atoms with van der Waals surface area (Å²) in [6.07, 6.45) is 0. The molecule has 328 valence electrons. The van der Waals surface area contributed by atoms with Crippen molar-refractivity contribution in [1.29, 1.82) is 0 Å². The molecule has 3 heterocycles. The molecule has 0 aliphatic carbocycles. The molecule has 14 aromatic rings. The van der Waals surface area contributed by atoms with E-state index in [0.29, 0.717) is 0 Å². The molecule has 0 aliphatic heterocycles. The summed E-state index contributed by atoms with van der Waals surface area (Å²) in [4.78, 5) is 0. The maximum atomic E-state index is 2.52. The second kappa shape index (κ2) is 16.1. The van der Waals surface area contributed by atoms with E-state index in [1.807, 2.05) is 0 Å². The van der Waals surface area contributed by atoms with Gasteiger partial charge in [0.25, 0.3) is 0 Å². The smallest absolute Gasteiger partial charge is 0.179 e. The first-order valence-corrected chi connectivity index (χ1v) is 26.2. The van der Waals surface area contributed by atoms with E-state index >= 15 is 0 Å². The zero-order valence-electron chi connectivity index (χ0n) is 38.3. The first kappa shape index (κ1) is 40.1. The molecular formula is C66H45N3Si. The van der Waals surface area contributed by atoms with Crippen LogP contribution in [0.3, 0.4) is 0 Å². The Morgan fingerprint density at radius 3 is 1.17 bits per heavy atom. The number of para-hydroxylation sites is 5. The normalized spacial score (nSPS) is 12.0. The van der Waals surface area contributed by atoms with Gasteiger partial charge in [0.15, 0.2) is 8.07 Å². The van der Waals surface area contributed by atoms with Crippen LogP contribution in [-0.2, 0) is 0 Å². The standard InChI is InChI=1S/C66H45N3Si/c1-4-24-50(25-5-1)70(51-26-6-2-7-27-51,52-28-8-3-9-29-52)53-30-19-22-47(44-53)46-21-18-23-48(43-46)68-64-42-41-49(67-60-36-14-10-31-54(60)55-32-11-15-37-61(55)67)45-59(64)58-35-20-40-65(66(58)68)69-62-38-16-12-33-56(62)57-34-13-17-39-63(57)69/h1-45H. The first-order chi connectivity index (χ1) is 34.8. The molecule has 0 unspecified atom stereocenters. The highest BCUT2D eigenvalue weighted by Crippen LogP contribution is 2.42. The van der Waals surface area contributed by atoms with Crippen LogP contribution < -0.4 is 20.7 Å². The second-order valence-electron chi connectivity index (χ2n) is 18.4. The molecule has 70 heavy (non-hydrogen) atoms. The number of benzene rings is 11. The Bertz CT molecular complexity index is 4090. The lowest BCUT2D eigenvalue weighted by atomic mass is 10.0. The molecule has 0 saturated carbocycles. The van der Waals surface area contributed by atoms with E-state index in [1.165, 1.54) is 86.3 Å². The Morgan fingerprint density at radius 1 is 0.229 bits per heavy atom. The van der Waals surface area contributed by atoms with Crippen molar-refractivity contribution in [1.82, 2.24) is 13.7 Å². The lowest BCUT2D eigenvalue weighted by Gasteiger charge is -2.34. The van der Waals surface area contributed by atoms with Crippen LogP contribution in [0, 0.1) is 0 Å². The van der Waals surface area contributed by atoms with Gasteiger partial charge < -0.3 is 13.7 Å². The lowest BCUT2D eigenvalue weighted by Crippen LogP contribution is -2.74. The van der Waals surface area contributed by atoms with Gasteiger partial charge in [-0.15, -0.1) is 0 Å². The highest BCUT2D eigenvalue weighted by Gasteiger charge is 2.41. The van der Waals surface area contributed by atoms with E-state index in [0.717, 1.165) is 28.1 Å². The van der Waals surface area contributed by atoms with Gasteiger partial charge in [0.05, 0.1) is 38.8 Å². The van der Waals surface area contributed by atoms with Gasteiger partial charge in [0.1, 0.15) is 0 Å². The van der Waals surface area contributed by atoms with Gasteiger partial charge in [-0.1, -0.05) is 212 Å². The molecule has 0 bridgehead atoms. The van der Waals surface area contributed by atoms with Crippen molar-refractivity contribution < 1.29 is 0 Å². The zero-order chi connectivity index (χ0) is 46.2. The summed E-state index contributed by atoms with van der Waals surface area (Å²) >= 11 is 0. The van der Waals surface area contributed by atoms with E-state index < -0.39 is 8.07 Å². The van der Waals surface area contributed by atoms with Gasteiger partial charge in [-0.2, -0.15) is 0 Å². The SMILES string of the molecule is c1ccc([Si](c2ccccc2)(c2ccccc2)c2cccc(-c3cccc(-n4c5ccc(-n6c7ccccc7c7ccccc76)cc5c5cccc(-n6c7ccccc7c7ccccc76)c54)c3)c2)cc1. The van der Waals surface area contributed by atoms with Crippen molar-refractivity contribution in [3.05, 3.63) is 273 Å². The molecule has 4 heteroatoms. The number of nitrogens with zero attached hydrogens (tertiary/aromatic N) is 3. The van der Waals surface area contributed by atoms with Crippen molar-refractivity contribution in [2.24, 2.45) is 0 Å². The van der Waals surface area contributed by atoms with E-state index in [9.17, 15) is 0 Å². The fourth-order valence-corrected chi connectivity index (χ4v) is 16.6. The quantitative estimate of drug-likeness (QED) is 0.107. The van der Waals surface area contributed by atoms with Crippen LogP contribution >= 0.6 is 0 Å². The minimum absolute atomic E-state index is 1.11. The third-order valence-electron chi connectivity index (χ3n) is 14.8. The molecule has 3 aromatic heterocycles. The van der Waals surface area contributed by atoms with Gasteiger partial charge in [0.2, 0.25) is 0 Å². The molecule has 3 nitrogen and oxygen atoms in total. The highest BCUT2D eigenvalue weighted by molar-refractivity contribution is 7.19. The van der Waals surface area contributed by atoms with Crippen LogP contribution in [0.25, 0.3) is 93.6 Å². The molecule has 11 aromatic carbocycles. The van der Waals surface area contributed by atoms with Crippen LogP contribution in [-0.4, -0.2) is 21.8 Å². The van der Waals surface area contributed by atoms with Crippen molar-refractivity contribution in [3.8, 4) is 28.2 Å². The lowest BCUT2D eigenvalue weighted by molar-refractivity contribution is 1.13. The first-order valence-electron chi connectivity index (χ1n) is 24.2. The Hall–Kier alpha value is -8.96. The average molecular weight is 908 g/mol. The van der Waals surface area contributed by atoms with Gasteiger partial charge in [-0.25, -0.2) is 0 Å². The summed E-state index contributed by atoms with van der Waals surface area (Å²) < 4.78 is 7.43. The van der Waals surface area contributed by atoms with Gasteiger partial charge in [0, 0.05) is 43.7 Å². The molecule has 14 rings (SSSR count). The summed E-state index contributed by atoms with van der Waals surface area (Å²) in [7, 11) is -2.76. The minimum atomic E-state index is -2.76. The molecular weight excluding hydrogens is 863 g/mol. The van der Waals surface area contributed by atoms with Gasteiger partial charge in [-0.05, 0) is 92.5 Å². The Balaban J connectivity index is 1.02. The maximum Gasteiger partial charge on any atom is 0.179 e. The fraction of sp³-hybridized carbons (Fsp3) is 0.